The fourth-order valence-corrected chi connectivity index (χ4v) is 2.97. The van der Waals surface area contributed by atoms with E-state index in [-0.39, 0.29) is 5.91 Å². The van der Waals surface area contributed by atoms with E-state index in [9.17, 15) is 14.7 Å². The summed E-state index contributed by atoms with van der Waals surface area (Å²) in [6, 6.07) is 9.16. The van der Waals surface area contributed by atoms with Crippen LogP contribution < -0.4 is 5.32 Å². The van der Waals surface area contributed by atoms with Gasteiger partial charge in [0.1, 0.15) is 5.54 Å². The Bertz CT molecular complexity index is 509. The van der Waals surface area contributed by atoms with Crippen molar-refractivity contribution in [3.8, 4) is 0 Å². The second kappa shape index (κ2) is 7.40. The Morgan fingerprint density at radius 2 is 1.86 bits per heavy atom. The summed E-state index contributed by atoms with van der Waals surface area (Å²) in [7, 11) is 0. The molecule has 1 fully saturated rings. The molecular weight excluding hydrogens is 282 g/mol. The molecule has 5 nitrogen and oxygen atoms in total. The third kappa shape index (κ3) is 3.65. The first-order valence-corrected chi connectivity index (χ1v) is 7.81. The van der Waals surface area contributed by atoms with E-state index in [2.05, 4.69) is 5.32 Å². The van der Waals surface area contributed by atoms with E-state index in [4.69, 9.17) is 4.74 Å². The van der Waals surface area contributed by atoms with Crippen LogP contribution in [-0.4, -0.2) is 29.1 Å². The number of carboxylic acid groups (broad SMARTS) is 1. The smallest absolute Gasteiger partial charge is 0.329 e. The van der Waals surface area contributed by atoms with Crippen LogP contribution in [0.1, 0.15) is 50.7 Å². The molecule has 1 unspecified atom stereocenters. The van der Waals surface area contributed by atoms with Crippen molar-refractivity contribution in [2.45, 2.75) is 50.7 Å². The number of hydrogen-bond acceptors (Lipinski definition) is 3. The second-order valence-electron chi connectivity index (χ2n) is 5.68. The normalized spacial score (nSPS) is 18.4. The third-order valence-electron chi connectivity index (χ3n) is 4.15. The molecule has 2 rings (SSSR count). The van der Waals surface area contributed by atoms with Gasteiger partial charge in [-0.15, -0.1) is 0 Å². The first-order chi connectivity index (χ1) is 10.6. The molecule has 1 atom stereocenters. The van der Waals surface area contributed by atoms with E-state index in [1.807, 2.05) is 37.3 Å². The number of amides is 1. The number of carboxylic acids is 1. The monoisotopic (exact) mass is 305 g/mol. The summed E-state index contributed by atoms with van der Waals surface area (Å²) in [6.07, 6.45) is 2.82. The van der Waals surface area contributed by atoms with Crippen LogP contribution in [0, 0.1) is 0 Å². The van der Waals surface area contributed by atoms with E-state index in [1.165, 1.54) is 0 Å². The maximum absolute atomic E-state index is 12.6. The fourth-order valence-electron chi connectivity index (χ4n) is 2.97. The number of carbonyl (C=O) groups excluding carboxylic acids is 1. The highest BCUT2D eigenvalue weighted by Crippen LogP contribution is 2.30. The molecule has 22 heavy (non-hydrogen) atoms. The van der Waals surface area contributed by atoms with Crippen LogP contribution in [0.5, 0.6) is 0 Å². The van der Waals surface area contributed by atoms with Gasteiger partial charge in [0.15, 0.2) is 6.10 Å². The molecule has 0 aromatic heterocycles. The van der Waals surface area contributed by atoms with E-state index in [1.54, 1.807) is 0 Å². The van der Waals surface area contributed by atoms with Crippen molar-refractivity contribution < 1.29 is 19.4 Å². The number of benzene rings is 1. The predicted octanol–water partition coefficient (Wildman–Crippen LogP) is 2.67. The van der Waals surface area contributed by atoms with Crippen molar-refractivity contribution >= 4 is 11.9 Å². The summed E-state index contributed by atoms with van der Waals surface area (Å²) >= 11 is 0. The van der Waals surface area contributed by atoms with Crippen molar-refractivity contribution in [2.75, 3.05) is 6.61 Å². The molecule has 120 valence electrons. The quantitative estimate of drug-likeness (QED) is 0.847. The van der Waals surface area contributed by atoms with Crippen LogP contribution in [0.2, 0.25) is 0 Å². The molecule has 5 heteroatoms. The Morgan fingerprint density at radius 1 is 1.23 bits per heavy atom. The maximum atomic E-state index is 12.6. The van der Waals surface area contributed by atoms with E-state index in [0.29, 0.717) is 19.4 Å². The lowest BCUT2D eigenvalue weighted by Gasteiger charge is -2.35. The van der Waals surface area contributed by atoms with Gasteiger partial charge in [-0.25, -0.2) is 4.79 Å². The van der Waals surface area contributed by atoms with Crippen LogP contribution >= 0.6 is 0 Å². The van der Waals surface area contributed by atoms with Crippen LogP contribution in [0.4, 0.5) is 0 Å². The van der Waals surface area contributed by atoms with Crippen LogP contribution in [-0.2, 0) is 14.3 Å². The molecule has 1 aliphatic carbocycles. The molecule has 1 saturated carbocycles. The summed E-state index contributed by atoms with van der Waals surface area (Å²) in [5.41, 5.74) is -0.419. The molecule has 0 heterocycles. The molecule has 2 N–H and O–H groups in total. The minimum absolute atomic E-state index is 0.377. The molecule has 1 aromatic carbocycles. The second-order valence-corrected chi connectivity index (χ2v) is 5.68. The first-order valence-electron chi connectivity index (χ1n) is 7.81. The maximum Gasteiger partial charge on any atom is 0.329 e. The van der Waals surface area contributed by atoms with Gasteiger partial charge in [0.05, 0.1) is 0 Å². The van der Waals surface area contributed by atoms with Crippen LogP contribution in [0.15, 0.2) is 30.3 Å². The van der Waals surface area contributed by atoms with Gasteiger partial charge >= 0.3 is 5.97 Å². The molecule has 0 bridgehead atoms. The Morgan fingerprint density at radius 3 is 2.41 bits per heavy atom. The predicted molar refractivity (Wildman–Crippen MR) is 82.4 cm³/mol. The van der Waals surface area contributed by atoms with E-state index < -0.39 is 17.6 Å². The highest BCUT2D eigenvalue weighted by atomic mass is 16.5. The van der Waals surface area contributed by atoms with Gasteiger partial charge in [0.25, 0.3) is 5.91 Å². The van der Waals surface area contributed by atoms with E-state index >= 15 is 0 Å². The SMILES string of the molecule is CCOC(C(=O)NC1(C(=O)O)CCCCC1)c1ccccc1. The summed E-state index contributed by atoms with van der Waals surface area (Å²) in [5.74, 6) is -1.33. The zero-order valence-electron chi connectivity index (χ0n) is 12.9. The summed E-state index contributed by atoms with van der Waals surface area (Å²) in [5, 5.41) is 12.3. The van der Waals surface area contributed by atoms with Crippen molar-refractivity contribution in [1.82, 2.24) is 5.32 Å². The molecule has 1 amide bonds. The number of carbonyl (C=O) groups is 2. The van der Waals surface area contributed by atoms with Gasteiger partial charge < -0.3 is 15.2 Å². The Kier molecular flexibility index (Phi) is 5.55. The molecule has 0 saturated heterocycles. The number of ether oxygens (including phenoxy) is 1. The average molecular weight is 305 g/mol. The van der Waals surface area contributed by atoms with Gasteiger partial charge in [-0.2, -0.15) is 0 Å². The lowest BCUT2D eigenvalue weighted by molar-refractivity contribution is -0.151. The number of hydrogen-bond donors (Lipinski definition) is 2. The van der Waals surface area contributed by atoms with Crippen molar-refractivity contribution in [2.24, 2.45) is 0 Å². The standard InChI is InChI=1S/C17H23NO4/c1-2-22-14(13-9-5-3-6-10-13)15(19)18-17(16(20)21)11-7-4-8-12-17/h3,5-6,9-10,14H,2,4,7-8,11-12H2,1H3,(H,18,19)(H,20,21). The van der Waals surface area contributed by atoms with Gasteiger partial charge in [-0.3, -0.25) is 4.79 Å². The Hall–Kier alpha value is -1.88. The third-order valence-corrected chi connectivity index (χ3v) is 4.15. The van der Waals surface area contributed by atoms with E-state index in [0.717, 1.165) is 24.8 Å². The molecule has 1 aromatic rings. The van der Waals surface area contributed by atoms with Crippen molar-refractivity contribution in [1.29, 1.82) is 0 Å². The number of nitrogens with one attached hydrogen (secondary N) is 1. The Labute approximate surface area is 130 Å². The Balaban J connectivity index is 2.18. The lowest BCUT2D eigenvalue weighted by atomic mass is 9.81. The number of rotatable bonds is 6. The molecule has 0 aliphatic heterocycles. The highest BCUT2D eigenvalue weighted by molar-refractivity contribution is 5.89. The molecule has 0 radical (unpaired) electrons. The fraction of sp³-hybridized carbons (Fsp3) is 0.529. The first kappa shape index (κ1) is 16.5. The summed E-state index contributed by atoms with van der Waals surface area (Å²) in [6.45, 7) is 2.20. The molecule has 1 aliphatic rings. The van der Waals surface area contributed by atoms with Gasteiger partial charge in [0.2, 0.25) is 0 Å². The van der Waals surface area contributed by atoms with Crippen molar-refractivity contribution in [3.05, 3.63) is 35.9 Å². The summed E-state index contributed by atoms with van der Waals surface area (Å²) < 4.78 is 5.55. The largest absolute Gasteiger partial charge is 0.480 e. The number of aliphatic carboxylic acids is 1. The average Bonchev–Trinajstić information content (AvgIpc) is 2.54. The molecular formula is C17H23NO4. The topological polar surface area (TPSA) is 75.6 Å². The van der Waals surface area contributed by atoms with Gasteiger partial charge in [0, 0.05) is 6.61 Å². The minimum Gasteiger partial charge on any atom is -0.480 e. The zero-order valence-corrected chi connectivity index (χ0v) is 12.9. The minimum atomic E-state index is -1.15. The van der Waals surface area contributed by atoms with Gasteiger partial charge in [-0.1, -0.05) is 49.6 Å². The highest BCUT2D eigenvalue weighted by Gasteiger charge is 2.42. The van der Waals surface area contributed by atoms with Crippen LogP contribution in [0.25, 0.3) is 0 Å². The lowest BCUT2D eigenvalue weighted by Crippen LogP contribution is -2.56. The zero-order chi connectivity index (χ0) is 16.0. The summed E-state index contributed by atoms with van der Waals surface area (Å²) in [4.78, 5) is 24.3. The van der Waals surface area contributed by atoms with Crippen molar-refractivity contribution in [3.63, 3.8) is 0 Å². The van der Waals surface area contributed by atoms with Gasteiger partial charge in [-0.05, 0) is 25.3 Å². The van der Waals surface area contributed by atoms with Crippen LogP contribution in [0.3, 0.4) is 0 Å². The molecule has 0 spiro atoms.